The SMILES string of the molecule is CCNC(Cc1cnn(C)c1)Cc1ccc(Cl)cc1Cl. The Bertz CT molecular complexity index is 566. The van der Waals surface area contributed by atoms with Crippen LogP contribution in [0, 0.1) is 0 Å². The summed E-state index contributed by atoms with van der Waals surface area (Å²) in [5, 5.41) is 9.11. The van der Waals surface area contributed by atoms with E-state index in [1.807, 2.05) is 36.3 Å². The Morgan fingerprint density at radius 3 is 2.70 bits per heavy atom. The summed E-state index contributed by atoms with van der Waals surface area (Å²) in [6, 6.07) is 6.02. The summed E-state index contributed by atoms with van der Waals surface area (Å²) in [6.07, 6.45) is 5.76. The first-order chi connectivity index (χ1) is 9.58. The molecule has 0 spiro atoms. The Hall–Kier alpha value is -1.03. The summed E-state index contributed by atoms with van der Waals surface area (Å²) in [5.41, 5.74) is 2.34. The van der Waals surface area contributed by atoms with E-state index in [1.165, 1.54) is 5.56 Å². The lowest BCUT2D eigenvalue weighted by molar-refractivity contribution is 0.521. The van der Waals surface area contributed by atoms with Crippen LogP contribution in [0.1, 0.15) is 18.1 Å². The van der Waals surface area contributed by atoms with Gasteiger partial charge in [-0.1, -0.05) is 36.2 Å². The number of rotatable bonds is 6. The van der Waals surface area contributed by atoms with Gasteiger partial charge in [-0.25, -0.2) is 0 Å². The number of nitrogens with zero attached hydrogens (tertiary/aromatic N) is 2. The maximum absolute atomic E-state index is 6.25. The Balaban J connectivity index is 2.08. The zero-order valence-electron chi connectivity index (χ0n) is 11.7. The van der Waals surface area contributed by atoms with Gasteiger partial charge in [-0.2, -0.15) is 5.10 Å². The molecular formula is C15H19Cl2N3. The molecule has 0 fully saturated rings. The van der Waals surface area contributed by atoms with E-state index in [-0.39, 0.29) is 0 Å². The van der Waals surface area contributed by atoms with Crippen molar-refractivity contribution in [2.24, 2.45) is 7.05 Å². The van der Waals surface area contributed by atoms with Crippen LogP contribution >= 0.6 is 23.2 Å². The van der Waals surface area contributed by atoms with Crippen LogP contribution in [0.15, 0.2) is 30.6 Å². The standard InChI is InChI=1S/C15H19Cl2N3/c1-3-18-14(6-11-9-19-20(2)10-11)7-12-4-5-13(16)8-15(12)17/h4-5,8-10,14,18H,3,6-7H2,1-2H3. The predicted octanol–water partition coefficient (Wildman–Crippen LogP) is 3.49. The third-order valence-corrected chi connectivity index (χ3v) is 3.80. The zero-order valence-corrected chi connectivity index (χ0v) is 13.2. The Morgan fingerprint density at radius 1 is 1.30 bits per heavy atom. The second-order valence-electron chi connectivity index (χ2n) is 4.92. The number of hydrogen-bond donors (Lipinski definition) is 1. The average Bonchev–Trinajstić information content (AvgIpc) is 2.78. The highest BCUT2D eigenvalue weighted by molar-refractivity contribution is 6.35. The molecule has 5 heteroatoms. The maximum Gasteiger partial charge on any atom is 0.0522 e. The molecule has 1 aromatic carbocycles. The molecule has 0 aliphatic heterocycles. The lowest BCUT2D eigenvalue weighted by Gasteiger charge is -2.18. The number of likely N-dealkylation sites (N-methyl/N-ethyl adjacent to an activating group) is 1. The van der Waals surface area contributed by atoms with Crippen molar-refractivity contribution in [1.82, 2.24) is 15.1 Å². The van der Waals surface area contributed by atoms with Crippen molar-refractivity contribution in [3.05, 3.63) is 51.8 Å². The van der Waals surface area contributed by atoms with E-state index in [0.717, 1.165) is 30.0 Å². The Kier molecular flexibility index (Phi) is 5.46. The van der Waals surface area contributed by atoms with Crippen molar-refractivity contribution < 1.29 is 0 Å². The zero-order chi connectivity index (χ0) is 14.5. The van der Waals surface area contributed by atoms with Gasteiger partial charge in [-0.3, -0.25) is 4.68 Å². The normalized spacial score (nSPS) is 12.6. The van der Waals surface area contributed by atoms with Crippen LogP contribution in [0.25, 0.3) is 0 Å². The molecule has 1 atom stereocenters. The first-order valence-corrected chi connectivity index (χ1v) is 7.49. The number of aromatic nitrogens is 2. The third-order valence-electron chi connectivity index (χ3n) is 3.21. The van der Waals surface area contributed by atoms with Crippen LogP contribution in [0.5, 0.6) is 0 Å². The predicted molar refractivity (Wildman–Crippen MR) is 84.5 cm³/mol. The van der Waals surface area contributed by atoms with Gasteiger partial charge in [0.25, 0.3) is 0 Å². The minimum absolute atomic E-state index is 0.336. The van der Waals surface area contributed by atoms with Crippen molar-refractivity contribution in [3.63, 3.8) is 0 Å². The molecule has 1 N–H and O–H groups in total. The molecule has 2 aromatic rings. The fraction of sp³-hybridized carbons (Fsp3) is 0.400. The first kappa shape index (κ1) is 15.4. The van der Waals surface area contributed by atoms with Gasteiger partial charge in [0, 0.05) is 29.3 Å². The smallest absolute Gasteiger partial charge is 0.0522 e. The van der Waals surface area contributed by atoms with Gasteiger partial charge in [0.05, 0.1) is 6.20 Å². The molecule has 1 unspecified atom stereocenters. The molecule has 0 saturated carbocycles. The van der Waals surface area contributed by atoms with Crippen molar-refractivity contribution in [1.29, 1.82) is 0 Å². The monoisotopic (exact) mass is 311 g/mol. The highest BCUT2D eigenvalue weighted by atomic mass is 35.5. The number of aryl methyl sites for hydroxylation is 1. The van der Waals surface area contributed by atoms with Gasteiger partial charge in [0.1, 0.15) is 0 Å². The number of nitrogens with one attached hydrogen (secondary N) is 1. The molecule has 2 rings (SSSR count). The van der Waals surface area contributed by atoms with Crippen LogP contribution in [0.2, 0.25) is 10.0 Å². The molecule has 1 aromatic heterocycles. The third kappa shape index (κ3) is 4.23. The largest absolute Gasteiger partial charge is 0.314 e. The molecule has 1 heterocycles. The molecule has 20 heavy (non-hydrogen) atoms. The van der Waals surface area contributed by atoms with Gasteiger partial charge in [0.2, 0.25) is 0 Å². The van der Waals surface area contributed by atoms with Crippen molar-refractivity contribution in [3.8, 4) is 0 Å². The van der Waals surface area contributed by atoms with E-state index >= 15 is 0 Å². The van der Waals surface area contributed by atoms with E-state index in [2.05, 4.69) is 17.3 Å². The van der Waals surface area contributed by atoms with Gasteiger partial charge in [-0.15, -0.1) is 0 Å². The quantitative estimate of drug-likeness (QED) is 0.885. The Morgan fingerprint density at radius 2 is 2.10 bits per heavy atom. The fourth-order valence-corrected chi connectivity index (χ4v) is 2.81. The molecule has 0 saturated heterocycles. The number of halogens is 2. The van der Waals surface area contributed by atoms with Gasteiger partial charge in [-0.05, 0) is 42.6 Å². The molecule has 3 nitrogen and oxygen atoms in total. The lowest BCUT2D eigenvalue weighted by Crippen LogP contribution is -2.33. The van der Waals surface area contributed by atoms with E-state index < -0.39 is 0 Å². The van der Waals surface area contributed by atoms with E-state index in [9.17, 15) is 0 Å². The molecule has 0 radical (unpaired) electrons. The molecule has 108 valence electrons. The fourth-order valence-electron chi connectivity index (χ4n) is 2.32. The average molecular weight is 312 g/mol. The molecule has 0 bridgehead atoms. The lowest BCUT2D eigenvalue weighted by atomic mass is 10.0. The summed E-state index contributed by atoms with van der Waals surface area (Å²) >= 11 is 12.2. The first-order valence-electron chi connectivity index (χ1n) is 6.73. The second-order valence-corrected chi connectivity index (χ2v) is 5.76. The maximum atomic E-state index is 6.25. The number of benzene rings is 1. The summed E-state index contributed by atoms with van der Waals surface area (Å²) in [6.45, 7) is 3.04. The van der Waals surface area contributed by atoms with E-state index in [1.54, 1.807) is 6.07 Å². The van der Waals surface area contributed by atoms with E-state index in [0.29, 0.717) is 11.1 Å². The van der Waals surface area contributed by atoms with Crippen LogP contribution in [-0.4, -0.2) is 22.4 Å². The minimum Gasteiger partial charge on any atom is -0.314 e. The second kappa shape index (κ2) is 7.11. The molecule has 0 aliphatic rings. The highest BCUT2D eigenvalue weighted by Gasteiger charge is 2.13. The van der Waals surface area contributed by atoms with Gasteiger partial charge < -0.3 is 5.32 Å². The molecular weight excluding hydrogens is 293 g/mol. The van der Waals surface area contributed by atoms with Crippen LogP contribution in [0.3, 0.4) is 0 Å². The summed E-state index contributed by atoms with van der Waals surface area (Å²) in [4.78, 5) is 0. The van der Waals surface area contributed by atoms with Gasteiger partial charge >= 0.3 is 0 Å². The molecule has 0 amide bonds. The van der Waals surface area contributed by atoms with Crippen molar-refractivity contribution in [2.75, 3.05) is 6.54 Å². The highest BCUT2D eigenvalue weighted by Crippen LogP contribution is 2.22. The van der Waals surface area contributed by atoms with Crippen molar-refractivity contribution >= 4 is 23.2 Å². The topological polar surface area (TPSA) is 29.9 Å². The van der Waals surface area contributed by atoms with Crippen LogP contribution < -0.4 is 5.32 Å². The molecule has 0 aliphatic carbocycles. The van der Waals surface area contributed by atoms with Crippen LogP contribution in [-0.2, 0) is 19.9 Å². The minimum atomic E-state index is 0.336. The van der Waals surface area contributed by atoms with E-state index in [4.69, 9.17) is 23.2 Å². The summed E-state index contributed by atoms with van der Waals surface area (Å²) in [7, 11) is 1.93. The van der Waals surface area contributed by atoms with Gasteiger partial charge in [0.15, 0.2) is 0 Å². The number of hydrogen-bond acceptors (Lipinski definition) is 2. The Labute approximate surface area is 129 Å². The van der Waals surface area contributed by atoms with Crippen LogP contribution in [0.4, 0.5) is 0 Å². The summed E-state index contributed by atoms with van der Waals surface area (Å²) < 4.78 is 1.83. The van der Waals surface area contributed by atoms with Crippen molar-refractivity contribution in [2.45, 2.75) is 25.8 Å². The summed E-state index contributed by atoms with van der Waals surface area (Å²) in [5.74, 6) is 0.